The standard InChI is InChI=1S/C20H20FIN4/c1-3-13(2)23-20-25-18(14-7-5-4-6-8-14)12-19(26-20)24-17-10-9-15(22)11-16(17)21/h4-13H,3H2,1-2H3,(H2,23,24,25,26)/t13-/m0/s1. The maximum atomic E-state index is 14.2. The molecule has 4 nitrogen and oxygen atoms in total. The van der Waals surface area contributed by atoms with Gasteiger partial charge in [-0.3, -0.25) is 0 Å². The summed E-state index contributed by atoms with van der Waals surface area (Å²) in [5, 5.41) is 6.37. The van der Waals surface area contributed by atoms with Crippen molar-refractivity contribution in [3.8, 4) is 11.3 Å². The number of aromatic nitrogens is 2. The second-order valence-corrected chi connectivity index (χ2v) is 7.28. The largest absolute Gasteiger partial charge is 0.352 e. The van der Waals surface area contributed by atoms with Crippen molar-refractivity contribution in [1.82, 2.24) is 9.97 Å². The van der Waals surface area contributed by atoms with Gasteiger partial charge in [-0.2, -0.15) is 4.98 Å². The van der Waals surface area contributed by atoms with E-state index in [1.165, 1.54) is 6.07 Å². The Morgan fingerprint density at radius 2 is 1.85 bits per heavy atom. The average Bonchev–Trinajstić information content (AvgIpc) is 2.64. The second-order valence-electron chi connectivity index (χ2n) is 6.03. The number of rotatable bonds is 6. The molecule has 2 aromatic carbocycles. The van der Waals surface area contributed by atoms with Crippen molar-refractivity contribution in [2.24, 2.45) is 0 Å². The van der Waals surface area contributed by atoms with Crippen LogP contribution in [0.3, 0.4) is 0 Å². The molecule has 0 aliphatic heterocycles. The molecule has 0 amide bonds. The molecule has 1 aromatic heterocycles. The highest BCUT2D eigenvalue weighted by molar-refractivity contribution is 14.1. The number of nitrogens with zero attached hydrogens (tertiary/aromatic N) is 2. The minimum absolute atomic E-state index is 0.240. The van der Waals surface area contributed by atoms with Crippen LogP contribution in [0.2, 0.25) is 0 Å². The van der Waals surface area contributed by atoms with Gasteiger partial charge in [0.05, 0.1) is 11.4 Å². The van der Waals surface area contributed by atoms with E-state index in [1.807, 2.05) is 42.5 Å². The van der Waals surface area contributed by atoms with Crippen LogP contribution in [-0.2, 0) is 0 Å². The maximum Gasteiger partial charge on any atom is 0.225 e. The number of nitrogens with one attached hydrogen (secondary N) is 2. The van der Waals surface area contributed by atoms with E-state index < -0.39 is 0 Å². The topological polar surface area (TPSA) is 49.8 Å². The van der Waals surface area contributed by atoms with Crippen molar-refractivity contribution in [2.45, 2.75) is 26.3 Å². The number of halogens is 2. The highest BCUT2D eigenvalue weighted by atomic mass is 127. The summed E-state index contributed by atoms with van der Waals surface area (Å²) in [6, 6.07) is 17.0. The first-order valence-electron chi connectivity index (χ1n) is 8.48. The number of benzene rings is 2. The van der Waals surface area contributed by atoms with Gasteiger partial charge in [0.2, 0.25) is 5.95 Å². The molecule has 0 saturated heterocycles. The quantitative estimate of drug-likeness (QED) is 0.452. The normalized spacial score (nSPS) is 11.8. The molecule has 1 heterocycles. The van der Waals surface area contributed by atoms with Gasteiger partial charge in [-0.15, -0.1) is 0 Å². The molecule has 0 radical (unpaired) electrons. The third kappa shape index (κ3) is 4.69. The summed E-state index contributed by atoms with van der Waals surface area (Å²) in [7, 11) is 0. The summed E-state index contributed by atoms with van der Waals surface area (Å²) in [4.78, 5) is 9.12. The lowest BCUT2D eigenvalue weighted by Gasteiger charge is -2.15. The SMILES string of the molecule is CC[C@H](C)Nc1nc(Nc2ccc(I)cc2F)cc(-c2ccccc2)n1. The van der Waals surface area contributed by atoms with Gasteiger partial charge in [0, 0.05) is 21.2 Å². The molecular formula is C20H20FIN4. The van der Waals surface area contributed by atoms with Gasteiger partial charge >= 0.3 is 0 Å². The van der Waals surface area contributed by atoms with Crippen LogP contribution >= 0.6 is 22.6 Å². The maximum absolute atomic E-state index is 14.2. The van der Waals surface area contributed by atoms with E-state index in [0.717, 1.165) is 21.2 Å². The lowest BCUT2D eigenvalue weighted by molar-refractivity contribution is 0.631. The molecule has 134 valence electrons. The Balaban J connectivity index is 1.98. The lowest BCUT2D eigenvalue weighted by atomic mass is 10.1. The zero-order valence-electron chi connectivity index (χ0n) is 14.6. The minimum Gasteiger partial charge on any atom is -0.352 e. The molecule has 0 aliphatic rings. The molecule has 0 aliphatic carbocycles. The van der Waals surface area contributed by atoms with Gasteiger partial charge in [0.1, 0.15) is 11.6 Å². The Morgan fingerprint density at radius 1 is 1.08 bits per heavy atom. The van der Waals surface area contributed by atoms with Crippen molar-refractivity contribution in [3.05, 3.63) is 64.0 Å². The van der Waals surface area contributed by atoms with Crippen LogP contribution in [-0.4, -0.2) is 16.0 Å². The summed E-state index contributed by atoms with van der Waals surface area (Å²) in [5.41, 5.74) is 2.14. The van der Waals surface area contributed by atoms with E-state index in [0.29, 0.717) is 17.5 Å². The second kappa shape index (κ2) is 8.44. The summed E-state index contributed by atoms with van der Waals surface area (Å²) < 4.78 is 15.0. The highest BCUT2D eigenvalue weighted by Gasteiger charge is 2.10. The Morgan fingerprint density at radius 3 is 2.54 bits per heavy atom. The molecule has 3 aromatic rings. The summed E-state index contributed by atoms with van der Waals surface area (Å²) >= 11 is 2.09. The molecule has 3 rings (SSSR count). The molecule has 2 N–H and O–H groups in total. The Bertz CT molecular complexity index is 886. The van der Waals surface area contributed by atoms with Crippen LogP contribution < -0.4 is 10.6 Å². The van der Waals surface area contributed by atoms with Crippen LogP contribution in [0, 0.1) is 9.39 Å². The van der Waals surface area contributed by atoms with Crippen LogP contribution in [0.4, 0.5) is 21.8 Å². The number of hydrogen-bond donors (Lipinski definition) is 2. The first-order valence-corrected chi connectivity index (χ1v) is 9.56. The monoisotopic (exact) mass is 462 g/mol. The number of hydrogen-bond acceptors (Lipinski definition) is 4. The predicted octanol–water partition coefficient (Wildman–Crippen LogP) is 5.84. The molecule has 1 atom stereocenters. The molecule has 0 bridgehead atoms. The first kappa shape index (κ1) is 18.6. The molecule has 0 fully saturated rings. The van der Waals surface area contributed by atoms with E-state index >= 15 is 0 Å². The van der Waals surface area contributed by atoms with E-state index in [4.69, 9.17) is 0 Å². The summed E-state index contributed by atoms with van der Waals surface area (Å²) in [6.07, 6.45) is 0.952. The zero-order chi connectivity index (χ0) is 18.5. The molecular weight excluding hydrogens is 442 g/mol. The van der Waals surface area contributed by atoms with Crippen molar-refractivity contribution < 1.29 is 4.39 Å². The van der Waals surface area contributed by atoms with Crippen LogP contribution in [0.1, 0.15) is 20.3 Å². The van der Waals surface area contributed by atoms with E-state index in [9.17, 15) is 4.39 Å². The fourth-order valence-corrected chi connectivity index (χ4v) is 2.84. The summed E-state index contributed by atoms with van der Waals surface area (Å²) in [6.45, 7) is 4.17. The van der Waals surface area contributed by atoms with Crippen LogP contribution in [0.5, 0.6) is 0 Å². The van der Waals surface area contributed by atoms with Gasteiger partial charge in [0.15, 0.2) is 0 Å². The van der Waals surface area contributed by atoms with Crippen molar-refractivity contribution in [3.63, 3.8) is 0 Å². The van der Waals surface area contributed by atoms with Crippen LogP contribution in [0.25, 0.3) is 11.3 Å². The van der Waals surface area contributed by atoms with Gasteiger partial charge in [-0.05, 0) is 54.1 Å². The molecule has 0 spiro atoms. The smallest absolute Gasteiger partial charge is 0.225 e. The first-order chi connectivity index (χ1) is 12.5. The van der Waals surface area contributed by atoms with Gasteiger partial charge in [-0.1, -0.05) is 37.3 Å². The third-order valence-electron chi connectivity index (χ3n) is 3.98. The average molecular weight is 462 g/mol. The van der Waals surface area contributed by atoms with Crippen molar-refractivity contribution in [1.29, 1.82) is 0 Å². The molecule has 6 heteroatoms. The van der Waals surface area contributed by atoms with Gasteiger partial charge in [-0.25, -0.2) is 9.37 Å². The molecule has 0 saturated carbocycles. The highest BCUT2D eigenvalue weighted by Crippen LogP contribution is 2.25. The van der Waals surface area contributed by atoms with Crippen molar-refractivity contribution in [2.75, 3.05) is 10.6 Å². The summed E-state index contributed by atoms with van der Waals surface area (Å²) in [5.74, 6) is 0.757. The van der Waals surface area contributed by atoms with E-state index in [1.54, 1.807) is 6.07 Å². The van der Waals surface area contributed by atoms with Crippen LogP contribution in [0.15, 0.2) is 54.6 Å². The third-order valence-corrected chi connectivity index (χ3v) is 4.65. The van der Waals surface area contributed by atoms with Crippen molar-refractivity contribution >= 4 is 40.0 Å². The zero-order valence-corrected chi connectivity index (χ0v) is 16.8. The lowest BCUT2D eigenvalue weighted by Crippen LogP contribution is -2.16. The molecule has 0 unspecified atom stereocenters. The fraction of sp³-hybridized carbons (Fsp3) is 0.200. The van der Waals surface area contributed by atoms with Gasteiger partial charge < -0.3 is 10.6 Å². The predicted molar refractivity (Wildman–Crippen MR) is 113 cm³/mol. The fourth-order valence-electron chi connectivity index (χ4n) is 2.38. The van der Waals surface area contributed by atoms with Gasteiger partial charge in [0.25, 0.3) is 0 Å². The minimum atomic E-state index is -0.312. The molecule has 26 heavy (non-hydrogen) atoms. The Labute approximate surface area is 166 Å². The van der Waals surface area contributed by atoms with E-state index in [2.05, 4.69) is 57.0 Å². The Kier molecular flexibility index (Phi) is 6.03. The Hall–Kier alpha value is -2.22. The van der Waals surface area contributed by atoms with E-state index in [-0.39, 0.29) is 11.9 Å². The number of anilines is 3.